The van der Waals surface area contributed by atoms with Crippen molar-refractivity contribution in [2.45, 2.75) is 12.5 Å². The molecule has 0 radical (unpaired) electrons. The average molecular weight is 426 g/mol. The van der Waals surface area contributed by atoms with Crippen molar-refractivity contribution in [3.05, 3.63) is 47.8 Å². The fourth-order valence-electron chi connectivity index (χ4n) is 3.67. The molecular weight excluding hydrogens is 402 g/mol. The van der Waals surface area contributed by atoms with Crippen molar-refractivity contribution in [3.8, 4) is 11.3 Å². The Labute approximate surface area is 179 Å². The number of anilines is 1. The summed E-state index contributed by atoms with van der Waals surface area (Å²) in [5, 5.41) is 6.21. The number of benzene rings is 1. The van der Waals surface area contributed by atoms with Gasteiger partial charge in [-0.2, -0.15) is 5.10 Å². The molecule has 1 aliphatic rings. The Kier molecular flexibility index (Phi) is 5.69. The zero-order valence-electron chi connectivity index (χ0n) is 17.0. The highest BCUT2D eigenvalue weighted by atomic mass is 35.5. The molecule has 1 saturated heterocycles. The summed E-state index contributed by atoms with van der Waals surface area (Å²) in [7, 11) is 3.94. The lowest BCUT2D eigenvalue weighted by Crippen LogP contribution is -2.28. The van der Waals surface area contributed by atoms with Crippen LogP contribution in [0.4, 0.5) is 5.82 Å². The van der Waals surface area contributed by atoms with Crippen molar-refractivity contribution >= 4 is 34.4 Å². The van der Waals surface area contributed by atoms with Crippen LogP contribution in [-0.4, -0.2) is 69.2 Å². The monoisotopic (exact) mass is 425 g/mol. The maximum Gasteiger partial charge on any atom is 0.246 e. The number of rotatable bonds is 5. The van der Waals surface area contributed by atoms with Gasteiger partial charge in [-0.25, -0.2) is 14.6 Å². The number of likely N-dealkylation sites (tertiary alicyclic amines) is 1. The van der Waals surface area contributed by atoms with Gasteiger partial charge in [-0.3, -0.25) is 4.79 Å². The summed E-state index contributed by atoms with van der Waals surface area (Å²) in [6, 6.07) is 7.46. The molecule has 0 saturated carbocycles. The van der Waals surface area contributed by atoms with Crippen LogP contribution in [0.25, 0.3) is 22.3 Å². The van der Waals surface area contributed by atoms with Crippen LogP contribution in [0.15, 0.2) is 42.7 Å². The van der Waals surface area contributed by atoms with Crippen molar-refractivity contribution in [1.82, 2.24) is 29.5 Å². The number of aromatic nitrogens is 4. The van der Waals surface area contributed by atoms with E-state index in [-0.39, 0.29) is 11.9 Å². The summed E-state index contributed by atoms with van der Waals surface area (Å²) < 4.78 is 1.88. The summed E-state index contributed by atoms with van der Waals surface area (Å²) in [5.41, 5.74) is 8.47. The molecule has 9 heteroatoms. The van der Waals surface area contributed by atoms with Crippen LogP contribution < -0.4 is 5.73 Å². The van der Waals surface area contributed by atoms with Gasteiger partial charge in [0, 0.05) is 36.3 Å². The van der Waals surface area contributed by atoms with E-state index < -0.39 is 0 Å². The van der Waals surface area contributed by atoms with E-state index in [1.165, 1.54) is 6.33 Å². The second kappa shape index (κ2) is 8.41. The third-order valence-corrected chi connectivity index (χ3v) is 5.44. The number of amides is 1. The van der Waals surface area contributed by atoms with E-state index in [0.717, 1.165) is 29.6 Å². The molecule has 156 valence electrons. The number of fused-ring (bicyclic) bond motifs is 1. The number of nitrogen functional groups attached to an aromatic ring is 1. The Morgan fingerprint density at radius 3 is 2.80 bits per heavy atom. The highest BCUT2D eigenvalue weighted by Gasteiger charge is 2.30. The number of halogens is 1. The summed E-state index contributed by atoms with van der Waals surface area (Å²) >= 11 is 6.04. The molecule has 1 aromatic carbocycles. The van der Waals surface area contributed by atoms with E-state index in [0.29, 0.717) is 29.6 Å². The minimum atomic E-state index is 0.0166. The van der Waals surface area contributed by atoms with Gasteiger partial charge in [-0.15, -0.1) is 0 Å². The first-order valence-electron chi connectivity index (χ1n) is 9.79. The van der Waals surface area contributed by atoms with Crippen LogP contribution in [-0.2, 0) is 4.79 Å². The fourth-order valence-corrected chi connectivity index (χ4v) is 3.80. The average Bonchev–Trinajstić information content (AvgIpc) is 3.34. The number of carbonyl (C=O) groups excluding carboxylic acids is 1. The predicted octanol–water partition coefficient (Wildman–Crippen LogP) is 2.62. The molecule has 0 spiro atoms. The Balaban J connectivity index is 1.64. The molecule has 2 aromatic heterocycles. The first-order valence-corrected chi connectivity index (χ1v) is 10.2. The molecule has 0 bridgehead atoms. The van der Waals surface area contributed by atoms with E-state index in [1.807, 2.05) is 58.9 Å². The maximum atomic E-state index is 12.5. The number of hydrogen-bond acceptors (Lipinski definition) is 6. The molecule has 8 nitrogen and oxygen atoms in total. The molecule has 1 fully saturated rings. The Hall–Kier alpha value is -2.97. The largest absolute Gasteiger partial charge is 0.383 e. The van der Waals surface area contributed by atoms with Crippen LogP contribution >= 0.6 is 11.6 Å². The van der Waals surface area contributed by atoms with Crippen molar-refractivity contribution in [2.24, 2.45) is 0 Å². The third kappa shape index (κ3) is 4.01. The zero-order valence-corrected chi connectivity index (χ0v) is 17.8. The third-order valence-electron chi connectivity index (χ3n) is 5.19. The first kappa shape index (κ1) is 20.3. The van der Waals surface area contributed by atoms with E-state index in [9.17, 15) is 4.79 Å². The van der Waals surface area contributed by atoms with Crippen molar-refractivity contribution < 1.29 is 4.79 Å². The lowest BCUT2D eigenvalue weighted by Gasteiger charge is -2.15. The molecule has 2 N–H and O–H groups in total. The number of hydrogen-bond donors (Lipinski definition) is 1. The minimum Gasteiger partial charge on any atom is -0.383 e. The summed E-state index contributed by atoms with van der Waals surface area (Å²) in [6.07, 6.45) is 5.77. The topological polar surface area (TPSA) is 93.2 Å². The standard InChI is InChI=1S/C21H24ClN7O/c1-27(2)10-3-4-17(30)28-11-9-16(12-28)29-21-18(20(23)24-13-25-21)19(26-29)14-5-7-15(22)8-6-14/h3-8,13,16H,9-12H2,1-2H3,(H2,23,24,25). The Bertz CT molecular complexity index is 1090. The van der Waals surface area contributed by atoms with Crippen molar-refractivity contribution in [2.75, 3.05) is 39.5 Å². The zero-order chi connectivity index (χ0) is 21.3. The van der Waals surface area contributed by atoms with Gasteiger partial charge in [-0.05, 0) is 32.6 Å². The quantitative estimate of drug-likeness (QED) is 0.631. The van der Waals surface area contributed by atoms with E-state index in [4.69, 9.17) is 22.4 Å². The lowest BCUT2D eigenvalue weighted by atomic mass is 10.1. The molecule has 3 heterocycles. The second-order valence-electron chi connectivity index (χ2n) is 7.65. The smallest absolute Gasteiger partial charge is 0.246 e. The van der Waals surface area contributed by atoms with Gasteiger partial charge in [0.05, 0.1) is 11.4 Å². The van der Waals surface area contributed by atoms with E-state index in [2.05, 4.69) is 9.97 Å². The molecule has 1 amide bonds. The highest BCUT2D eigenvalue weighted by molar-refractivity contribution is 6.30. The number of carbonyl (C=O) groups is 1. The molecule has 1 unspecified atom stereocenters. The van der Waals surface area contributed by atoms with Gasteiger partial charge in [-0.1, -0.05) is 29.8 Å². The van der Waals surface area contributed by atoms with Crippen LogP contribution in [0.5, 0.6) is 0 Å². The fraction of sp³-hybridized carbons (Fsp3) is 0.333. The normalized spacial score (nSPS) is 16.9. The Morgan fingerprint density at radius 1 is 1.30 bits per heavy atom. The van der Waals surface area contributed by atoms with Gasteiger partial charge >= 0.3 is 0 Å². The molecular formula is C21H24ClN7O. The van der Waals surface area contributed by atoms with Crippen molar-refractivity contribution in [3.63, 3.8) is 0 Å². The van der Waals surface area contributed by atoms with E-state index in [1.54, 1.807) is 6.08 Å². The SMILES string of the molecule is CN(C)CC=CC(=O)N1CCC(n2nc(-c3ccc(Cl)cc3)c3c(N)ncnc32)C1. The number of likely N-dealkylation sites (N-methyl/N-ethyl adjacent to an activating group) is 1. The molecule has 1 aliphatic heterocycles. The second-order valence-corrected chi connectivity index (χ2v) is 8.09. The Morgan fingerprint density at radius 2 is 2.07 bits per heavy atom. The molecule has 1 atom stereocenters. The molecule has 0 aliphatic carbocycles. The van der Waals surface area contributed by atoms with Gasteiger partial charge < -0.3 is 15.5 Å². The van der Waals surface area contributed by atoms with Crippen LogP contribution in [0.3, 0.4) is 0 Å². The van der Waals surface area contributed by atoms with Gasteiger partial charge in [0.2, 0.25) is 5.91 Å². The molecule has 30 heavy (non-hydrogen) atoms. The summed E-state index contributed by atoms with van der Waals surface area (Å²) in [4.78, 5) is 25.0. The minimum absolute atomic E-state index is 0.0166. The predicted molar refractivity (Wildman–Crippen MR) is 118 cm³/mol. The number of nitrogens with zero attached hydrogens (tertiary/aromatic N) is 6. The van der Waals surface area contributed by atoms with Gasteiger partial charge in [0.15, 0.2) is 5.65 Å². The lowest BCUT2D eigenvalue weighted by molar-refractivity contribution is -0.125. The van der Waals surface area contributed by atoms with Crippen LogP contribution in [0.2, 0.25) is 5.02 Å². The maximum absolute atomic E-state index is 12.5. The number of nitrogens with two attached hydrogens (primary N) is 1. The summed E-state index contributed by atoms with van der Waals surface area (Å²) in [6.45, 7) is 1.98. The van der Waals surface area contributed by atoms with E-state index >= 15 is 0 Å². The molecule has 3 aromatic rings. The van der Waals surface area contributed by atoms with Gasteiger partial charge in [0.1, 0.15) is 17.8 Å². The summed E-state index contributed by atoms with van der Waals surface area (Å²) in [5.74, 6) is 0.400. The highest BCUT2D eigenvalue weighted by Crippen LogP contribution is 2.34. The molecule has 4 rings (SSSR count). The van der Waals surface area contributed by atoms with Crippen LogP contribution in [0, 0.1) is 0 Å². The van der Waals surface area contributed by atoms with Crippen molar-refractivity contribution in [1.29, 1.82) is 0 Å². The van der Waals surface area contributed by atoms with Gasteiger partial charge in [0.25, 0.3) is 0 Å². The first-order chi connectivity index (χ1) is 14.4. The van der Waals surface area contributed by atoms with Crippen LogP contribution in [0.1, 0.15) is 12.5 Å².